The highest BCUT2D eigenvalue weighted by Crippen LogP contribution is 2.27. The van der Waals surface area contributed by atoms with E-state index >= 15 is 0 Å². The van der Waals surface area contributed by atoms with Crippen LogP contribution in [0, 0.1) is 0 Å². The first-order chi connectivity index (χ1) is 9.02. The summed E-state index contributed by atoms with van der Waals surface area (Å²) in [7, 11) is 1.30. The average Bonchev–Trinajstić information content (AvgIpc) is 2.39. The van der Waals surface area contributed by atoms with Crippen LogP contribution in [0.4, 0.5) is 0 Å². The second kappa shape index (κ2) is 8.22. The van der Waals surface area contributed by atoms with Crippen LogP contribution in [-0.2, 0) is 9.53 Å². The third-order valence-electron chi connectivity index (χ3n) is 2.20. The molecule has 2 N–H and O–H groups in total. The van der Waals surface area contributed by atoms with E-state index in [0.29, 0.717) is 15.8 Å². The summed E-state index contributed by atoms with van der Waals surface area (Å²) in [6, 6.07) is 4.82. The molecule has 0 aliphatic heterocycles. The molecule has 7 heteroatoms. The zero-order valence-corrected chi connectivity index (χ0v) is 11.9. The van der Waals surface area contributed by atoms with E-state index in [2.05, 4.69) is 10.1 Å². The summed E-state index contributed by atoms with van der Waals surface area (Å²) in [5, 5.41) is 13.3. The molecule has 1 aromatic carbocycles. The second-order valence-corrected chi connectivity index (χ2v) is 4.59. The van der Waals surface area contributed by atoms with E-state index in [0.717, 1.165) is 0 Å². The van der Waals surface area contributed by atoms with Crippen molar-refractivity contribution in [3.63, 3.8) is 0 Å². The van der Waals surface area contributed by atoms with E-state index in [1.54, 1.807) is 18.2 Å². The van der Waals surface area contributed by atoms with Crippen molar-refractivity contribution < 1.29 is 19.4 Å². The van der Waals surface area contributed by atoms with Crippen LogP contribution in [0.1, 0.15) is 0 Å². The largest absolute Gasteiger partial charge is 0.489 e. The zero-order chi connectivity index (χ0) is 14.3. The molecule has 0 fully saturated rings. The van der Waals surface area contributed by atoms with Gasteiger partial charge in [0.05, 0.1) is 18.7 Å². The lowest BCUT2D eigenvalue weighted by Crippen LogP contribution is -2.34. The number of hydrogen-bond donors (Lipinski definition) is 2. The van der Waals surface area contributed by atoms with Gasteiger partial charge in [-0.25, -0.2) is 0 Å². The summed E-state index contributed by atoms with van der Waals surface area (Å²) < 4.78 is 9.78. The Labute approximate surface area is 121 Å². The van der Waals surface area contributed by atoms with Crippen molar-refractivity contribution in [1.82, 2.24) is 5.32 Å². The molecule has 1 unspecified atom stereocenters. The van der Waals surface area contributed by atoms with E-state index in [4.69, 9.17) is 27.9 Å². The van der Waals surface area contributed by atoms with Gasteiger partial charge in [-0.1, -0.05) is 23.2 Å². The number of aliphatic hydroxyl groups excluding tert-OH is 1. The predicted octanol–water partition coefficient (Wildman–Crippen LogP) is 1.50. The summed E-state index contributed by atoms with van der Waals surface area (Å²) in [5.41, 5.74) is 0. The van der Waals surface area contributed by atoms with Gasteiger partial charge < -0.3 is 19.9 Å². The van der Waals surface area contributed by atoms with Crippen LogP contribution in [0.5, 0.6) is 5.75 Å². The van der Waals surface area contributed by atoms with Crippen molar-refractivity contribution in [3.8, 4) is 5.75 Å². The maximum absolute atomic E-state index is 10.8. The molecule has 0 saturated heterocycles. The Hall–Kier alpha value is -1.01. The van der Waals surface area contributed by atoms with Gasteiger partial charge in [0, 0.05) is 17.6 Å². The number of carbonyl (C=O) groups is 1. The molecule has 0 bridgehead atoms. The SMILES string of the molecule is COC(=O)CNCC(O)COc1cc(Cl)ccc1Cl. The average molecular weight is 308 g/mol. The number of esters is 1. The molecule has 0 spiro atoms. The van der Waals surface area contributed by atoms with Crippen molar-refractivity contribution in [2.24, 2.45) is 0 Å². The van der Waals surface area contributed by atoms with Crippen LogP contribution >= 0.6 is 23.2 Å². The molecular formula is C12H15Cl2NO4. The third-order valence-corrected chi connectivity index (χ3v) is 2.75. The van der Waals surface area contributed by atoms with Gasteiger partial charge in [-0.15, -0.1) is 0 Å². The highest BCUT2D eigenvalue weighted by atomic mass is 35.5. The number of methoxy groups -OCH3 is 1. The number of benzene rings is 1. The highest BCUT2D eigenvalue weighted by molar-refractivity contribution is 6.34. The van der Waals surface area contributed by atoms with Gasteiger partial charge in [-0.3, -0.25) is 4.79 Å². The fraction of sp³-hybridized carbons (Fsp3) is 0.417. The fourth-order valence-corrected chi connectivity index (χ4v) is 1.58. The van der Waals surface area contributed by atoms with Crippen molar-refractivity contribution >= 4 is 29.2 Å². The molecule has 1 aromatic rings. The van der Waals surface area contributed by atoms with Crippen molar-refractivity contribution in [2.45, 2.75) is 6.10 Å². The number of carbonyl (C=O) groups excluding carboxylic acids is 1. The molecule has 0 radical (unpaired) electrons. The standard InChI is InChI=1S/C12H15Cl2NO4/c1-18-12(17)6-15-5-9(16)7-19-11-4-8(13)2-3-10(11)14/h2-4,9,15-16H,5-7H2,1H3. The Morgan fingerprint density at radius 1 is 1.47 bits per heavy atom. The van der Waals surface area contributed by atoms with E-state index in [1.807, 2.05) is 0 Å². The number of nitrogens with one attached hydrogen (secondary N) is 1. The van der Waals surface area contributed by atoms with Gasteiger partial charge in [0.1, 0.15) is 18.5 Å². The molecule has 19 heavy (non-hydrogen) atoms. The molecule has 1 atom stereocenters. The van der Waals surface area contributed by atoms with E-state index < -0.39 is 12.1 Å². The molecule has 1 rings (SSSR count). The van der Waals surface area contributed by atoms with Crippen LogP contribution in [0.15, 0.2) is 18.2 Å². The third kappa shape index (κ3) is 6.11. The Bertz CT molecular complexity index is 428. The van der Waals surface area contributed by atoms with Gasteiger partial charge in [-0.2, -0.15) is 0 Å². The molecule has 0 heterocycles. The normalized spacial score (nSPS) is 12.0. The maximum atomic E-state index is 10.8. The van der Waals surface area contributed by atoms with Crippen molar-refractivity contribution in [2.75, 3.05) is 26.8 Å². The molecule has 0 aromatic heterocycles. The predicted molar refractivity (Wildman–Crippen MR) is 72.8 cm³/mol. The Morgan fingerprint density at radius 3 is 2.89 bits per heavy atom. The van der Waals surface area contributed by atoms with Gasteiger partial charge in [0.25, 0.3) is 0 Å². The summed E-state index contributed by atoms with van der Waals surface area (Å²) in [4.78, 5) is 10.8. The number of ether oxygens (including phenoxy) is 2. The van der Waals surface area contributed by atoms with Crippen LogP contribution in [0.2, 0.25) is 10.0 Å². The van der Waals surface area contributed by atoms with Crippen LogP contribution in [0.25, 0.3) is 0 Å². The van der Waals surface area contributed by atoms with Crippen molar-refractivity contribution in [1.29, 1.82) is 0 Å². The topological polar surface area (TPSA) is 67.8 Å². The molecule has 0 saturated carbocycles. The van der Waals surface area contributed by atoms with Gasteiger partial charge in [0.2, 0.25) is 0 Å². The number of rotatable bonds is 7. The summed E-state index contributed by atoms with van der Waals surface area (Å²) in [6.45, 7) is 0.271. The van der Waals surface area contributed by atoms with E-state index in [1.165, 1.54) is 7.11 Å². The van der Waals surface area contributed by atoms with Crippen LogP contribution < -0.4 is 10.1 Å². The molecule has 0 aliphatic rings. The Kier molecular flexibility index (Phi) is 6.94. The quantitative estimate of drug-likeness (QED) is 0.747. The first kappa shape index (κ1) is 16.0. The number of halogens is 2. The van der Waals surface area contributed by atoms with E-state index in [9.17, 15) is 9.90 Å². The van der Waals surface area contributed by atoms with Gasteiger partial charge in [0.15, 0.2) is 0 Å². The molecular weight excluding hydrogens is 293 g/mol. The lowest BCUT2D eigenvalue weighted by molar-refractivity contribution is -0.139. The fourth-order valence-electron chi connectivity index (χ4n) is 1.25. The molecule has 0 amide bonds. The lowest BCUT2D eigenvalue weighted by atomic mass is 10.3. The summed E-state index contributed by atoms with van der Waals surface area (Å²) in [5.74, 6) is 0.00666. The highest BCUT2D eigenvalue weighted by Gasteiger charge is 2.09. The zero-order valence-electron chi connectivity index (χ0n) is 10.4. The molecule has 5 nitrogen and oxygen atoms in total. The van der Waals surface area contributed by atoms with E-state index in [-0.39, 0.29) is 19.7 Å². The van der Waals surface area contributed by atoms with Crippen molar-refractivity contribution in [3.05, 3.63) is 28.2 Å². The lowest BCUT2D eigenvalue weighted by Gasteiger charge is -2.13. The second-order valence-electron chi connectivity index (χ2n) is 3.75. The smallest absolute Gasteiger partial charge is 0.319 e. The Balaban J connectivity index is 2.31. The van der Waals surface area contributed by atoms with Crippen LogP contribution in [0.3, 0.4) is 0 Å². The Morgan fingerprint density at radius 2 is 2.21 bits per heavy atom. The molecule has 106 valence electrons. The summed E-state index contributed by atoms with van der Waals surface area (Å²) in [6.07, 6.45) is -0.778. The summed E-state index contributed by atoms with van der Waals surface area (Å²) >= 11 is 11.7. The number of aliphatic hydroxyl groups is 1. The minimum atomic E-state index is -0.778. The monoisotopic (exact) mass is 307 g/mol. The minimum absolute atomic E-state index is 0.0332. The first-order valence-electron chi connectivity index (χ1n) is 5.56. The van der Waals surface area contributed by atoms with Gasteiger partial charge in [-0.05, 0) is 12.1 Å². The van der Waals surface area contributed by atoms with Gasteiger partial charge >= 0.3 is 5.97 Å². The molecule has 0 aliphatic carbocycles. The number of hydrogen-bond acceptors (Lipinski definition) is 5. The maximum Gasteiger partial charge on any atom is 0.319 e. The minimum Gasteiger partial charge on any atom is -0.489 e. The first-order valence-corrected chi connectivity index (χ1v) is 6.32. The van der Waals surface area contributed by atoms with Crippen LogP contribution in [-0.4, -0.2) is 44.0 Å².